The van der Waals surface area contributed by atoms with Crippen molar-refractivity contribution in [2.45, 2.75) is 26.4 Å². The van der Waals surface area contributed by atoms with Crippen LogP contribution in [0.2, 0.25) is 0 Å². The van der Waals surface area contributed by atoms with Crippen LogP contribution in [-0.4, -0.2) is 7.05 Å². The van der Waals surface area contributed by atoms with Gasteiger partial charge in [0.05, 0.1) is 6.26 Å². The van der Waals surface area contributed by atoms with E-state index in [2.05, 4.69) is 4.90 Å². The summed E-state index contributed by atoms with van der Waals surface area (Å²) in [5, 5.41) is 0. The largest absolute Gasteiger partial charge is 0.469 e. The number of rotatable bonds is 4. The van der Waals surface area contributed by atoms with E-state index in [1.165, 1.54) is 12.1 Å². The lowest BCUT2D eigenvalue weighted by Crippen LogP contribution is -2.20. The molecule has 1 atom stereocenters. The second-order valence-corrected chi connectivity index (χ2v) is 4.85. The summed E-state index contributed by atoms with van der Waals surface area (Å²) in [6.07, 6.45) is 1.68. The molecule has 0 bridgehead atoms. The summed E-state index contributed by atoms with van der Waals surface area (Å²) in [5.74, 6) is 0.639. The van der Waals surface area contributed by atoms with Crippen molar-refractivity contribution in [3.05, 3.63) is 53.2 Å². The molecule has 0 radical (unpaired) electrons. The van der Waals surface area contributed by atoms with E-state index in [-0.39, 0.29) is 11.9 Å². The first-order chi connectivity index (χ1) is 8.99. The summed E-state index contributed by atoms with van der Waals surface area (Å²) in [7, 11) is 1.96. The van der Waals surface area contributed by atoms with E-state index in [0.717, 1.165) is 22.6 Å². The van der Waals surface area contributed by atoms with Crippen LogP contribution in [0.1, 0.15) is 29.9 Å². The van der Waals surface area contributed by atoms with Crippen LogP contribution in [-0.2, 0) is 6.54 Å². The van der Waals surface area contributed by atoms with Crippen molar-refractivity contribution >= 4 is 5.69 Å². The summed E-state index contributed by atoms with van der Waals surface area (Å²) in [5.41, 5.74) is 8.78. The Labute approximate surface area is 112 Å². The Morgan fingerprint density at radius 2 is 2.11 bits per heavy atom. The lowest BCUT2D eigenvalue weighted by atomic mass is 10.1. The number of hydrogen-bond donors (Lipinski definition) is 1. The molecule has 2 rings (SSSR count). The van der Waals surface area contributed by atoms with Crippen LogP contribution in [0, 0.1) is 12.7 Å². The lowest BCUT2D eigenvalue weighted by Gasteiger charge is -2.24. The monoisotopic (exact) mass is 262 g/mol. The van der Waals surface area contributed by atoms with Crippen LogP contribution >= 0.6 is 0 Å². The quantitative estimate of drug-likeness (QED) is 0.918. The average Bonchev–Trinajstić information content (AvgIpc) is 2.74. The molecule has 1 aromatic carbocycles. The van der Waals surface area contributed by atoms with Crippen molar-refractivity contribution in [3.8, 4) is 0 Å². The summed E-state index contributed by atoms with van der Waals surface area (Å²) in [6.45, 7) is 4.49. The molecule has 0 fully saturated rings. The van der Waals surface area contributed by atoms with Gasteiger partial charge in [0.25, 0.3) is 0 Å². The van der Waals surface area contributed by atoms with E-state index in [1.54, 1.807) is 12.3 Å². The Morgan fingerprint density at radius 1 is 1.37 bits per heavy atom. The first kappa shape index (κ1) is 13.6. The minimum Gasteiger partial charge on any atom is -0.469 e. The number of halogens is 1. The Hall–Kier alpha value is -1.81. The van der Waals surface area contributed by atoms with Gasteiger partial charge in [0, 0.05) is 30.9 Å². The van der Waals surface area contributed by atoms with E-state index < -0.39 is 0 Å². The SMILES string of the molecule is Cc1occc1CN(C)c1ccc(F)cc1[C@@H](C)N. The predicted molar refractivity (Wildman–Crippen MR) is 74.6 cm³/mol. The molecule has 0 aliphatic heterocycles. The molecular weight excluding hydrogens is 243 g/mol. The van der Waals surface area contributed by atoms with Crippen LogP contribution in [0.3, 0.4) is 0 Å². The summed E-state index contributed by atoms with van der Waals surface area (Å²) in [4.78, 5) is 2.05. The molecule has 0 saturated carbocycles. The summed E-state index contributed by atoms with van der Waals surface area (Å²) in [6, 6.07) is 6.46. The minimum absolute atomic E-state index is 0.210. The first-order valence-corrected chi connectivity index (χ1v) is 6.28. The Kier molecular flexibility index (Phi) is 3.90. The number of furan rings is 1. The molecule has 19 heavy (non-hydrogen) atoms. The smallest absolute Gasteiger partial charge is 0.123 e. The van der Waals surface area contributed by atoms with Gasteiger partial charge in [0.2, 0.25) is 0 Å². The van der Waals surface area contributed by atoms with E-state index in [1.807, 2.05) is 27.0 Å². The molecule has 0 aliphatic carbocycles. The third-order valence-electron chi connectivity index (χ3n) is 3.27. The third kappa shape index (κ3) is 2.96. The van der Waals surface area contributed by atoms with Crippen LogP contribution in [0.15, 0.2) is 34.9 Å². The zero-order valence-electron chi connectivity index (χ0n) is 11.5. The van der Waals surface area contributed by atoms with Gasteiger partial charge < -0.3 is 15.1 Å². The number of anilines is 1. The molecule has 102 valence electrons. The lowest BCUT2D eigenvalue weighted by molar-refractivity contribution is 0.529. The standard InChI is InChI=1S/C15H19FN2O/c1-10(17)14-8-13(16)4-5-15(14)18(3)9-12-6-7-19-11(12)2/h4-8,10H,9,17H2,1-3H3/t10-/m1/s1. The Balaban J connectivity index is 2.28. The first-order valence-electron chi connectivity index (χ1n) is 6.28. The minimum atomic E-state index is -0.260. The van der Waals surface area contributed by atoms with Gasteiger partial charge in [-0.05, 0) is 43.7 Å². The van der Waals surface area contributed by atoms with Crippen molar-refractivity contribution in [1.82, 2.24) is 0 Å². The van der Waals surface area contributed by atoms with Crippen molar-refractivity contribution in [2.24, 2.45) is 5.73 Å². The summed E-state index contributed by atoms with van der Waals surface area (Å²) >= 11 is 0. The molecule has 4 heteroatoms. The molecule has 2 aromatic rings. The number of benzene rings is 1. The van der Waals surface area contributed by atoms with Crippen molar-refractivity contribution in [1.29, 1.82) is 0 Å². The van der Waals surface area contributed by atoms with Crippen molar-refractivity contribution < 1.29 is 8.81 Å². The van der Waals surface area contributed by atoms with Gasteiger partial charge in [-0.2, -0.15) is 0 Å². The van der Waals surface area contributed by atoms with Crippen LogP contribution in [0.25, 0.3) is 0 Å². The normalized spacial score (nSPS) is 12.5. The second-order valence-electron chi connectivity index (χ2n) is 4.85. The molecule has 0 aliphatic rings. The summed E-state index contributed by atoms with van der Waals surface area (Å²) < 4.78 is 18.6. The van der Waals surface area contributed by atoms with Gasteiger partial charge >= 0.3 is 0 Å². The molecule has 1 heterocycles. The van der Waals surface area contributed by atoms with Gasteiger partial charge in [0.15, 0.2) is 0 Å². The molecule has 0 spiro atoms. The van der Waals surface area contributed by atoms with E-state index in [4.69, 9.17) is 10.2 Å². The topological polar surface area (TPSA) is 42.4 Å². The zero-order chi connectivity index (χ0) is 14.0. The van der Waals surface area contributed by atoms with Crippen molar-refractivity contribution in [3.63, 3.8) is 0 Å². The van der Waals surface area contributed by atoms with E-state index in [0.29, 0.717) is 6.54 Å². The highest BCUT2D eigenvalue weighted by molar-refractivity contribution is 5.55. The van der Waals surface area contributed by atoms with Crippen LogP contribution in [0.5, 0.6) is 0 Å². The van der Waals surface area contributed by atoms with E-state index >= 15 is 0 Å². The van der Waals surface area contributed by atoms with Gasteiger partial charge in [0.1, 0.15) is 11.6 Å². The number of nitrogens with zero attached hydrogens (tertiary/aromatic N) is 1. The number of hydrogen-bond acceptors (Lipinski definition) is 3. The van der Waals surface area contributed by atoms with Gasteiger partial charge in [-0.3, -0.25) is 0 Å². The highest BCUT2D eigenvalue weighted by atomic mass is 19.1. The zero-order valence-corrected chi connectivity index (χ0v) is 11.5. The molecule has 0 amide bonds. The van der Waals surface area contributed by atoms with Crippen molar-refractivity contribution in [2.75, 3.05) is 11.9 Å². The van der Waals surface area contributed by atoms with E-state index in [9.17, 15) is 4.39 Å². The third-order valence-corrected chi connectivity index (χ3v) is 3.27. The fourth-order valence-electron chi connectivity index (χ4n) is 2.15. The predicted octanol–water partition coefficient (Wildman–Crippen LogP) is 3.38. The second kappa shape index (κ2) is 5.45. The maximum absolute atomic E-state index is 13.3. The molecular formula is C15H19FN2O. The van der Waals surface area contributed by atoms with Gasteiger partial charge in [-0.1, -0.05) is 0 Å². The highest BCUT2D eigenvalue weighted by Crippen LogP contribution is 2.27. The van der Waals surface area contributed by atoms with Crippen LogP contribution in [0.4, 0.5) is 10.1 Å². The molecule has 0 unspecified atom stereocenters. The fourth-order valence-corrected chi connectivity index (χ4v) is 2.15. The fraction of sp³-hybridized carbons (Fsp3) is 0.333. The molecule has 1 aromatic heterocycles. The number of nitrogens with two attached hydrogens (primary N) is 1. The maximum Gasteiger partial charge on any atom is 0.123 e. The highest BCUT2D eigenvalue weighted by Gasteiger charge is 2.13. The molecule has 2 N–H and O–H groups in total. The van der Waals surface area contributed by atoms with Gasteiger partial charge in [-0.15, -0.1) is 0 Å². The van der Waals surface area contributed by atoms with Gasteiger partial charge in [-0.25, -0.2) is 4.39 Å². The average molecular weight is 262 g/mol. The molecule has 3 nitrogen and oxygen atoms in total. The Bertz CT molecular complexity index is 563. The number of aryl methyl sites for hydroxylation is 1. The Morgan fingerprint density at radius 3 is 2.68 bits per heavy atom. The molecule has 0 saturated heterocycles. The van der Waals surface area contributed by atoms with Crippen LogP contribution < -0.4 is 10.6 Å². The maximum atomic E-state index is 13.3.